The molecule has 0 aromatic heterocycles. The van der Waals surface area contributed by atoms with Gasteiger partial charge < -0.3 is 19.1 Å². The summed E-state index contributed by atoms with van der Waals surface area (Å²) < 4.78 is 44.3. The zero-order chi connectivity index (χ0) is 22.3. The Labute approximate surface area is 187 Å². The van der Waals surface area contributed by atoms with E-state index in [1.54, 1.807) is 39.5 Å². The molecule has 1 amide bonds. The normalized spacial score (nSPS) is 18.3. The summed E-state index contributed by atoms with van der Waals surface area (Å²) in [5, 5.41) is 0. The van der Waals surface area contributed by atoms with E-state index < -0.39 is 10.0 Å². The third-order valence-electron chi connectivity index (χ3n) is 6.22. The fourth-order valence-electron chi connectivity index (χ4n) is 4.56. The summed E-state index contributed by atoms with van der Waals surface area (Å²) in [5.41, 5.74) is 2.03. The van der Waals surface area contributed by atoms with Gasteiger partial charge in [-0.1, -0.05) is 6.42 Å². The van der Waals surface area contributed by atoms with Gasteiger partial charge in [-0.3, -0.25) is 4.79 Å². The summed E-state index contributed by atoms with van der Waals surface area (Å²) in [6, 6.07) is 8.40. The Bertz CT molecular complexity index is 1140. The van der Waals surface area contributed by atoms with Crippen molar-refractivity contribution in [2.45, 2.75) is 30.6 Å². The highest BCUT2D eigenvalue weighted by Crippen LogP contribution is 2.41. The molecule has 5 rings (SSSR count). The maximum absolute atomic E-state index is 13.3. The molecule has 0 aliphatic carbocycles. The van der Waals surface area contributed by atoms with Gasteiger partial charge in [0, 0.05) is 30.9 Å². The van der Waals surface area contributed by atoms with Crippen LogP contribution in [0.4, 0.5) is 5.69 Å². The Hall–Kier alpha value is -2.78. The summed E-state index contributed by atoms with van der Waals surface area (Å²) in [6.45, 7) is 2.46. The van der Waals surface area contributed by atoms with Crippen molar-refractivity contribution >= 4 is 21.6 Å². The minimum absolute atomic E-state index is 0.189. The van der Waals surface area contributed by atoms with E-state index in [4.69, 9.17) is 14.2 Å². The predicted octanol–water partition coefficient (Wildman–Crippen LogP) is 2.84. The second-order valence-electron chi connectivity index (χ2n) is 8.16. The first kappa shape index (κ1) is 21.1. The Balaban J connectivity index is 1.43. The minimum Gasteiger partial charge on any atom is -0.493 e. The number of methoxy groups -OCH3 is 1. The van der Waals surface area contributed by atoms with Crippen LogP contribution in [0.15, 0.2) is 35.2 Å². The van der Waals surface area contributed by atoms with E-state index in [9.17, 15) is 13.2 Å². The van der Waals surface area contributed by atoms with Crippen LogP contribution in [0.3, 0.4) is 0 Å². The minimum atomic E-state index is -3.51. The quantitative estimate of drug-likeness (QED) is 0.701. The lowest BCUT2D eigenvalue weighted by atomic mass is 10.1. The van der Waals surface area contributed by atoms with Crippen LogP contribution in [0, 0.1) is 0 Å². The number of rotatable bonds is 4. The van der Waals surface area contributed by atoms with E-state index in [-0.39, 0.29) is 5.91 Å². The van der Waals surface area contributed by atoms with Crippen LogP contribution in [0.25, 0.3) is 0 Å². The number of carbonyl (C=O) groups is 1. The molecule has 1 saturated heterocycles. The molecular formula is C23H26N2O6S. The van der Waals surface area contributed by atoms with Gasteiger partial charge in [0.15, 0.2) is 11.5 Å². The Kier molecular flexibility index (Phi) is 5.46. The fraction of sp³-hybridized carbons (Fsp3) is 0.435. The monoisotopic (exact) mass is 458 g/mol. The number of ether oxygens (including phenoxy) is 3. The van der Waals surface area contributed by atoms with E-state index in [0.717, 1.165) is 30.5 Å². The van der Waals surface area contributed by atoms with Gasteiger partial charge in [0.05, 0.1) is 12.0 Å². The molecule has 8 nitrogen and oxygen atoms in total. The average molecular weight is 459 g/mol. The Morgan fingerprint density at radius 2 is 1.78 bits per heavy atom. The summed E-state index contributed by atoms with van der Waals surface area (Å²) >= 11 is 0. The van der Waals surface area contributed by atoms with E-state index in [2.05, 4.69) is 0 Å². The number of sulfonamides is 1. The molecule has 0 N–H and O–H groups in total. The number of carbonyl (C=O) groups excluding carboxylic acids is 1. The van der Waals surface area contributed by atoms with Gasteiger partial charge in [-0.25, -0.2) is 8.42 Å². The zero-order valence-electron chi connectivity index (χ0n) is 18.0. The van der Waals surface area contributed by atoms with E-state index >= 15 is 0 Å². The standard InChI is InChI=1S/C23H26N2O6S/c1-29-20-14-17(15-21-22(20)31-12-11-30-21)23(26)25-10-7-16-13-18(5-6-19(16)25)32(27,28)24-8-3-2-4-9-24/h5-6,13-15H,2-4,7-12H2,1H3. The summed E-state index contributed by atoms with van der Waals surface area (Å²) in [5.74, 6) is 1.25. The first-order chi connectivity index (χ1) is 15.5. The lowest BCUT2D eigenvalue weighted by Gasteiger charge is -2.26. The molecule has 3 aliphatic heterocycles. The molecule has 0 radical (unpaired) electrons. The number of fused-ring (bicyclic) bond motifs is 2. The Morgan fingerprint density at radius 1 is 1.00 bits per heavy atom. The number of anilines is 1. The molecule has 0 saturated carbocycles. The predicted molar refractivity (Wildman–Crippen MR) is 118 cm³/mol. The van der Waals surface area contributed by atoms with Crippen LogP contribution < -0.4 is 19.1 Å². The van der Waals surface area contributed by atoms with Gasteiger partial charge in [0.25, 0.3) is 5.91 Å². The van der Waals surface area contributed by atoms with Gasteiger partial charge >= 0.3 is 0 Å². The van der Waals surface area contributed by atoms with Crippen molar-refractivity contribution in [3.63, 3.8) is 0 Å². The topological polar surface area (TPSA) is 85.4 Å². The second kappa shape index (κ2) is 8.29. The maximum Gasteiger partial charge on any atom is 0.258 e. The Morgan fingerprint density at radius 3 is 2.56 bits per heavy atom. The molecule has 2 aromatic rings. The van der Waals surface area contributed by atoms with Gasteiger partial charge in [0.2, 0.25) is 15.8 Å². The van der Waals surface area contributed by atoms with Crippen molar-refractivity contribution in [2.24, 2.45) is 0 Å². The SMILES string of the molecule is COc1cc(C(=O)N2CCc3cc(S(=O)(=O)N4CCCCC4)ccc32)cc2c1OCCO2. The van der Waals surface area contributed by atoms with Crippen LogP contribution in [-0.2, 0) is 16.4 Å². The van der Waals surface area contributed by atoms with Gasteiger partial charge in [-0.2, -0.15) is 4.31 Å². The number of nitrogens with zero attached hydrogens (tertiary/aromatic N) is 2. The second-order valence-corrected chi connectivity index (χ2v) is 10.1. The van der Waals surface area contributed by atoms with Crippen molar-refractivity contribution in [3.8, 4) is 17.2 Å². The van der Waals surface area contributed by atoms with Crippen molar-refractivity contribution in [3.05, 3.63) is 41.5 Å². The van der Waals surface area contributed by atoms with Crippen LogP contribution in [0.1, 0.15) is 35.2 Å². The number of hydrogen-bond acceptors (Lipinski definition) is 6. The van der Waals surface area contributed by atoms with Crippen molar-refractivity contribution < 1.29 is 27.4 Å². The smallest absolute Gasteiger partial charge is 0.258 e. The maximum atomic E-state index is 13.3. The van der Waals surface area contributed by atoms with Crippen LogP contribution in [-0.4, -0.2) is 58.6 Å². The number of hydrogen-bond donors (Lipinski definition) is 0. The van der Waals surface area contributed by atoms with E-state index in [1.165, 1.54) is 7.11 Å². The molecule has 3 heterocycles. The van der Waals surface area contributed by atoms with Gasteiger partial charge in [-0.15, -0.1) is 0 Å². The van der Waals surface area contributed by atoms with Crippen LogP contribution >= 0.6 is 0 Å². The van der Waals surface area contributed by atoms with E-state index in [1.807, 2.05) is 0 Å². The van der Waals surface area contributed by atoms with Crippen molar-refractivity contribution in [1.29, 1.82) is 0 Å². The van der Waals surface area contributed by atoms with Gasteiger partial charge in [0.1, 0.15) is 13.2 Å². The fourth-order valence-corrected chi connectivity index (χ4v) is 6.12. The molecule has 2 aromatic carbocycles. The first-order valence-electron chi connectivity index (χ1n) is 10.9. The van der Waals surface area contributed by atoms with E-state index in [0.29, 0.717) is 67.0 Å². The molecule has 32 heavy (non-hydrogen) atoms. The third kappa shape index (κ3) is 3.59. The summed E-state index contributed by atoms with van der Waals surface area (Å²) in [7, 11) is -1.98. The number of piperidine rings is 1. The van der Waals surface area contributed by atoms with Crippen LogP contribution in [0.2, 0.25) is 0 Å². The number of amides is 1. The summed E-state index contributed by atoms with van der Waals surface area (Å²) in [4.78, 5) is 15.3. The zero-order valence-corrected chi connectivity index (χ0v) is 18.8. The molecule has 0 bridgehead atoms. The van der Waals surface area contributed by atoms with Crippen molar-refractivity contribution in [1.82, 2.24) is 4.31 Å². The van der Waals surface area contributed by atoms with Crippen LogP contribution in [0.5, 0.6) is 17.2 Å². The molecule has 0 spiro atoms. The molecular weight excluding hydrogens is 432 g/mol. The number of benzene rings is 2. The van der Waals surface area contributed by atoms with Crippen molar-refractivity contribution in [2.75, 3.05) is 44.9 Å². The molecule has 3 aliphatic rings. The molecule has 0 unspecified atom stereocenters. The molecule has 170 valence electrons. The first-order valence-corrected chi connectivity index (χ1v) is 12.4. The highest BCUT2D eigenvalue weighted by atomic mass is 32.2. The molecule has 9 heteroatoms. The highest BCUT2D eigenvalue weighted by molar-refractivity contribution is 7.89. The lowest BCUT2D eigenvalue weighted by molar-refractivity contribution is 0.0987. The molecule has 0 atom stereocenters. The molecule has 1 fully saturated rings. The summed E-state index contributed by atoms with van der Waals surface area (Å²) in [6.07, 6.45) is 3.46. The lowest BCUT2D eigenvalue weighted by Crippen LogP contribution is -2.35. The highest BCUT2D eigenvalue weighted by Gasteiger charge is 2.31. The largest absolute Gasteiger partial charge is 0.493 e. The third-order valence-corrected chi connectivity index (χ3v) is 8.11. The van der Waals surface area contributed by atoms with Gasteiger partial charge in [-0.05, 0) is 55.2 Å². The average Bonchev–Trinajstić information content (AvgIpc) is 3.26.